The number of urea groups is 1. The average Bonchev–Trinajstić information content (AvgIpc) is 3.32. The number of fused-ring (bicyclic) bond motifs is 1. The fraction of sp³-hybridized carbons (Fsp3) is 0.458. The van der Waals surface area contributed by atoms with Crippen molar-refractivity contribution in [3.63, 3.8) is 0 Å². The summed E-state index contributed by atoms with van der Waals surface area (Å²) in [5, 5.41) is 2.68. The van der Waals surface area contributed by atoms with Crippen molar-refractivity contribution < 1.29 is 19.1 Å². The molecule has 1 fully saturated rings. The van der Waals surface area contributed by atoms with Crippen molar-refractivity contribution in [2.24, 2.45) is 0 Å². The van der Waals surface area contributed by atoms with E-state index in [-0.39, 0.29) is 11.3 Å². The van der Waals surface area contributed by atoms with Gasteiger partial charge in [0.1, 0.15) is 17.5 Å². The molecule has 1 N–H and O–H groups in total. The Labute approximate surface area is 182 Å². The Balaban J connectivity index is 1.63. The number of aromatic nitrogens is 1. The quantitative estimate of drug-likeness (QED) is 0.652. The molecular formula is C24H29N3O4. The summed E-state index contributed by atoms with van der Waals surface area (Å²) in [6, 6.07) is 6.49. The molecule has 1 aromatic carbocycles. The second kappa shape index (κ2) is 8.21. The third kappa shape index (κ3) is 3.42. The number of benzene rings is 1. The number of rotatable bonds is 7. The molecule has 0 bridgehead atoms. The number of amides is 3. The highest BCUT2D eigenvalue weighted by Crippen LogP contribution is 2.50. The highest BCUT2D eigenvalue weighted by molar-refractivity contribution is 6.21. The van der Waals surface area contributed by atoms with Crippen LogP contribution in [-0.4, -0.2) is 29.6 Å². The first-order valence-electron chi connectivity index (χ1n) is 11.1. The maximum atomic E-state index is 12.4. The van der Waals surface area contributed by atoms with Crippen molar-refractivity contribution in [3.8, 4) is 17.4 Å². The molecule has 3 heterocycles. The average molecular weight is 424 g/mol. The van der Waals surface area contributed by atoms with Gasteiger partial charge in [0.05, 0.1) is 18.5 Å². The maximum Gasteiger partial charge on any atom is 0.329 e. The molecule has 2 aliphatic heterocycles. The van der Waals surface area contributed by atoms with E-state index in [9.17, 15) is 9.59 Å². The molecule has 0 aliphatic carbocycles. The summed E-state index contributed by atoms with van der Waals surface area (Å²) in [6.07, 6.45) is 4.85. The van der Waals surface area contributed by atoms with Crippen molar-refractivity contribution in [1.82, 2.24) is 10.3 Å². The van der Waals surface area contributed by atoms with E-state index in [0.29, 0.717) is 24.6 Å². The fourth-order valence-electron chi connectivity index (χ4n) is 4.46. The molecule has 3 amide bonds. The molecule has 0 spiro atoms. The van der Waals surface area contributed by atoms with Gasteiger partial charge >= 0.3 is 6.03 Å². The molecule has 0 unspecified atom stereocenters. The van der Waals surface area contributed by atoms with Crippen LogP contribution in [0.2, 0.25) is 0 Å². The molecule has 1 aromatic heterocycles. The lowest BCUT2D eigenvalue weighted by Crippen LogP contribution is -2.31. The lowest BCUT2D eigenvalue weighted by molar-refractivity contribution is -0.118. The number of nitrogens with one attached hydrogen (secondary N) is 1. The molecule has 164 valence electrons. The number of anilines is 1. The molecule has 31 heavy (non-hydrogen) atoms. The third-order valence-corrected chi connectivity index (χ3v) is 6.58. The number of carbonyl (C=O) groups is 2. The lowest BCUT2D eigenvalue weighted by Gasteiger charge is -2.26. The van der Waals surface area contributed by atoms with Crippen LogP contribution in [0.3, 0.4) is 0 Å². The van der Waals surface area contributed by atoms with Crippen LogP contribution < -0.4 is 19.7 Å². The summed E-state index contributed by atoms with van der Waals surface area (Å²) in [4.78, 5) is 30.1. The molecule has 0 saturated carbocycles. The summed E-state index contributed by atoms with van der Waals surface area (Å²) in [6.45, 7) is 8.99. The van der Waals surface area contributed by atoms with Crippen molar-refractivity contribution in [2.45, 2.75) is 64.8 Å². The van der Waals surface area contributed by atoms with Crippen molar-refractivity contribution >= 4 is 17.6 Å². The van der Waals surface area contributed by atoms with Gasteiger partial charge in [0.15, 0.2) is 0 Å². The van der Waals surface area contributed by atoms with Gasteiger partial charge in [0.2, 0.25) is 5.88 Å². The van der Waals surface area contributed by atoms with Crippen LogP contribution in [0.1, 0.15) is 58.1 Å². The van der Waals surface area contributed by atoms with Crippen LogP contribution in [0.4, 0.5) is 10.5 Å². The van der Waals surface area contributed by atoms with Gasteiger partial charge in [-0.3, -0.25) is 4.79 Å². The van der Waals surface area contributed by atoms with Gasteiger partial charge in [0.25, 0.3) is 5.91 Å². The molecule has 7 heteroatoms. The first kappa shape index (κ1) is 21.2. The van der Waals surface area contributed by atoms with E-state index in [1.165, 1.54) is 11.8 Å². The molecule has 7 nitrogen and oxygen atoms in total. The minimum absolute atomic E-state index is 0.0784. The van der Waals surface area contributed by atoms with Crippen LogP contribution in [0.15, 0.2) is 30.5 Å². The highest BCUT2D eigenvalue weighted by Gasteiger charge is 2.42. The van der Waals surface area contributed by atoms with E-state index in [1.54, 1.807) is 12.1 Å². The van der Waals surface area contributed by atoms with Crippen molar-refractivity contribution in [1.29, 1.82) is 0 Å². The van der Waals surface area contributed by atoms with Gasteiger partial charge in [-0.1, -0.05) is 33.8 Å². The Bertz CT molecular complexity index is 999. The number of ether oxygens (including phenoxy) is 2. The van der Waals surface area contributed by atoms with Gasteiger partial charge in [-0.15, -0.1) is 0 Å². The summed E-state index contributed by atoms with van der Waals surface area (Å²) in [5.74, 6) is 1.83. The number of pyridine rings is 1. The number of carbonyl (C=O) groups excluding carboxylic acids is 2. The normalized spacial score (nSPS) is 19.2. The van der Waals surface area contributed by atoms with Crippen LogP contribution in [0, 0.1) is 0 Å². The third-order valence-electron chi connectivity index (χ3n) is 6.58. The summed E-state index contributed by atoms with van der Waals surface area (Å²) in [7, 11) is 0. The zero-order valence-electron chi connectivity index (χ0n) is 18.5. The predicted octanol–water partition coefficient (Wildman–Crippen LogP) is 4.72. The maximum absolute atomic E-state index is 12.4. The Morgan fingerprint density at radius 3 is 2.52 bits per heavy atom. The minimum atomic E-state index is -0.487. The summed E-state index contributed by atoms with van der Waals surface area (Å²) >= 11 is 0. The molecule has 2 aliphatic rings. The monoisotopic (exact) mass is 423 g/mol. The molecule has 1 atom stereocenters. The minimum Gasteiger partial charge on any atom is -0.492 e. The Morgan fingerprint density at radius 1 is 1.16 bits per heavy atom. The molecular weight excluding hydrogens is 394 g/mol. The largest absolute Gasteiger partial charge is 0.492 e. The summed E-state index contributed by atoms with van der Waals surface area (Å²) in [5.41, 5.74) is 2.64. The highest BCUT2D eigenvalue weighted by atomic mass is 16.5. The van der Waals surface area contributed by atoms with E-state index in [1.807, 2.05) is 19.1 Å². The molecule has 2 aromatic rings. The van der Waals surface area contributed by atoms with Crippen molar-refractivity contribution in [3.05, 3.63) is 41.6 Å². The standard InChI is InChI=1S/C24H29N3O4/c1-5-15-9-11-18(20-21(15)30-14-24(20,7-3)8-4)31-19-12-10-16(13-25-19)27-22(28)17(6-2)26-23(27)29/h9-13,17H,5-8,14H2,1-4H3,(H,26,29)/t17-/m1/s1. The number of hydrogen-bond acceptors (Lipinski definition) is 5. The van der Waals surface area contributed by atoms with E-state index in [2.05, 4.69) is 31.1 Å². The van der Waals surface area contributed by atoms with Crippen LogP contribution in [0.25, 0.3) is 0 Å². The Kier molecular flexibility index (Phi) is 5.60. The van der Waals surface area contributed by atoms with Gasteiger partial charge < -0.3 is 14.8 Å². The van der Waals surface area contributed by atoms with Crippen LogP contribution in [0.5, 0.6) is 17.4 Å². The molecule has 0 radical (unpaired) electrons. The second-order valence-corrected chi connectivity index (χ2v) is 8.10. The van der Waals surface area contributed by atoms with Crippen molar-refractivity contribution in [2.75, 3.05) is 11.5 Å². The zero-order valence-corrected chi connectivity index (χ0v) is 18.5. The first-order valence-corrected chi connectivity index (χ1v) is 11.1. The smallest absolute Gasteiger partial charge is 0.329 e. The SMILES string of the molecule is CCc1ccc(Oc2ccc(N3C(=O)N[C@H](CC)C3=O)cn2)c2c1OCC2(CC)CC. The first-order chi connectivity index (χ1) is 15.0. The number of hydrogen-bond donors (Lipinski definition) is 1. The lowest BCUT2D eigenvalue weighted by atomic mass is 9.76. The van der Waals surface area contributed by atoms with Gasteiger partial charge in [-0.25, -0.2) is 14.7 Å². The van der Waals surface area contributed by atoms with Gasteiger partial charge in [0, 0.05) is 17.0 Å². The Hall–Kier alpha value is -3.09. The van der Waals surface area contributed by atoms with Crippen LogP contribution in [-0.2, 0) is 16.6 Å². The number of nitrogens with zero attached hydrogens (tertiary/aromatic N) is 2. The van der Waals surface area contributed by atoms with Gasteiger partial charge in [-0.2, -0.15) is 0 Å². The topological polar surface area (TPSA) is 80.8 Å². The van der Waals surface area contributed by atoms with E-state index < -0.39 is 12.1 Å². The van der Waals surface area contributed by atoms with Crippen LogP contribution >= 0.6 is 0 Å². The number of imide groups is 1. The summed E-state index contributed by atoms with van der Waals surface area (Å²) < 4.78 is 12.3. The number of aryl methyl sites for hydroxylation is 1. The Morgan fingerprint density at radius 2 is 1.94 bits per heavy atom. The molecule has 4 rings (SSSR count). The van der Waals surface area contributed by atoms with E-state index >= 15 is 0 Å². The van der Waals surface area contributed by atoms with Gasteiger partial charge in [-0.05, 0) is 43.4 Å². The van der Waals surface area contributed by atoms with E-state index in [4.69, 9.17) is 9.47 Å². The predicted molar refractivity (Wildman–Crippen MR) is 118 cm³/mol. The zero-order chi connectivity index (χ0) is 22.2. The second-order valence-electron chi connectivity index (χ2n) is 8.10. The van der Waals surface area contributed by atoms with E-state index in [0.717, 1.165) is 41.2 Å². The fourth-order valence-corrected chi connectivity index (χ4v) is 4.46. The molecule has 1 saturated heterocycles.